The van der Waals surface area contributed by atoms with Gasteiger partial charge in [-0.3, -0.25) is 4.79 Å². The quantitative estimate of drug-likeness (QED) is 0.817. The van der Waals surface area contributed by atoms with Gasteiger partial charge in [-0.05, 0) is 18.2 Å². The molecule has 0 aliphatic rings. The second kappa shape index (κ2) is 5.40. The van der Waals surface area contributed by atoms with Crippen molar-refractivity contribution in [1.82, 2.24) is 0 Å². The molecule has 0 aliphatic carbocycles. The first-order valence-corrected chi connectivity index (χ1v) is 5.71. The van der Waals surface area contributed by atoms with Gasteiger partial charge in [0.05, 0.1) is 7.11 Å². The van der Waals surface area contributed by atoms with Crippen LogP contribution in [-0.2, 0) is 0 Å². The highest BCUT2D eigenvalue weighted by Crippen LogP contribution is 2.17. The van der Waals surface area contributed by atoms with Crippen LogP contribution in [0.2, 0.25) is 0 Å². The van der Waals surface area contributed by atoms with Gasteiger partial charge in [0.15, 0.2) is 0 Å². The van der Waals surface area contributed by atoms with Crippen molar-refractivity contribution in [2.45, 2.75) is 0 Å². The molecule has 18 heavy (non-hydrogen) atoms. The van der Waals surface area contributed by atoms with Crippen molar-refractivity contribution in [3.8, 4) is 5.75 Å². The van der Waals surface area contributed by atoms with E-state index in [1.165, 1.54) is 0 Å². The van der Waals surface area contributed by atoms with Crippen LogP contribution in [0.25, 0.3) is 0 Å². The molecule has 0 unspecified atom stereocenters. The molecule has 1 N–H and O–H groups in total. The Morgan fingerprint density at radius 2 is 1.94 bits per heavy atom. The number of benzene rings is 2. The lowest BCUT2D eigenvalue weighted by molar-refractivity contribution is 0.102. The lowest BCUT2D eigenvalue weighted by Gasteiger charge is -2.07. The minimum atomic E-state index is -0.119. The Kier molecular flexibility index (Phi) is 3.67. The average molecular weight is 239 g/mol. The number of nitrogens with one attached hydrogen (secondary N) is 1. The van der Waals surface area contributed by atoms with Crippen LogP contribution < -0.4 is 15.5 Å². The molecule has 0 spiro atoms. The zero-order valence-electron chi connectivity index (χ0n) is 10.4. The number of carbonyl (C=O) groups is 1. The van der Waals surface area contributed by atoms with E-state index in [4.69, 9.17) is 4.74 Å². The molecule has 0 saturated carbocycles. The summed E-state index contributed by atoms with van der Waals surface area (Å²) in [5, 5.41) is 2.84. The zero-order valence-corrected chi connectivity index (χ0v) is 10.4. The van der Waals surface area contributed by atoms with Gasteiger partial charge in [0.1, 0.15) is 13.6 Å². The monoisotopic (exact) mass is 239 g/mol. The predicted octanol–water partition coefficient (Wildman–Crippen LogP) is 1.21. The zero-order chi connectivity index (χ0) is 13.0. The Labute approximate surface area is 107 Å². The smallest absolute Gasteiger partial charge is 0.255 e. The highest BCUT2D eigenvalue weighted by molar-refractivity contribution is 6.32. The molecule has 0 saturated heterocycles. The number of hydrogen-bond acceptors (Lipinski definition) is 2. The van der Waals surface area contributed by atoms with E-state index < -0.39 is 0 Å². The first-order chi connectivity index (χ1) is 8.69. The second-order valence-electron chi connectivity index (χ2n) is 4.06. The third kappa shape index (κ3) is 2.91. The molecule has 2 aromatic rings. The summed E-state index contributed by atoms with van der Waals surface area (Å²) < 4.78 is 5.11. The van der Waals surface area contributed by atoms with E-state index in [0.717, 1.165) is 16.9 Å². The third-order valence-corrected chi connectivity index (χ3v) is 2.61. The molecule has 0 aliphatic heterocycles. The fourth-order valence-corrected chi connectivity index (χ4v) is 1.69. The lowest BCUT2D eigenvalue weighted by atomic mass is 9.94. The van der Waals surface area contributed by atoms with Gasteiger partial charge in [-0.25, -0.2) is 0 Å². The topological polar surface area (TPSA) is 38.3 Å². The van der Waals surface area contributed by atoms with Gasteiger partial charge in [0.25, 0.3) is 5.91 Å². The molecule has 0 bridgehead atoms. The third-order valence-electron chi connectivity index (χ3n) is 2.61. The van der Waals surface area contributed by atoms with Crippen LogP contribution in [0.1, 0.15) is 10.4 Å². The summed E-state index contributed by atoms with van der Waals surface area (Å²) in [5.41, 5.74) is 2.44. The Hall–Kier alpha value is -2.23. The highest BCUT2D eigenvalue weighted by Gasteiger charge is 2.06. The summed E-state index contributed by atoms with van der Waals surface area (Å²) >= 11 is 0. The van der Waals surface area contributed by atoms with Crippen LogP contribution in [0.5, 0.6) is 5.75 Å². The van der Waals surface area contributed by atoms with E-state index in [0.29, 0.717) is 5.56 Å². The standard InChI is InChI=1S/C14H14BNO2/c1-18-13-7-3-6-12(9-13)16-14(17)10-4-2-5-11(15)8-10/h2-9H,15H2,1H3,(H,16,17). The normalized spacial score (nSPS) is 9.83. The number of rotatable bonds is 3. The number of methoxy groups -OCH3 is 1. The largest absolute Gasteiger partial charge is 0.497 e. The maximum absolute atomic E-state index is 12.0. The van der Waals surface area contributed by atoms with E-state index in [1.807, 2.05) is 44.2 Å². The number of hydrogen-bond donors (Lipinski definition) is 1. The molecule has 4 heteroatoms. The minimum Gasteiger partial charge on any atom is -0.497 e. The minimum absolute atomic E-state index is 0.119. The van der Waals surface area contributed by atoms with Crippen molar-refractivity contribution in [3.05, 3.63) is 54.1 Å². The van der Waals surface area contributed by atoms with Gasteiger partial charge >= 0.3 is 0 Å². The summed E-state index contributed by atoms with van der Waals surface area (Å²) in [6, 6.07) is 14.8. The van der Waals surface area contributed by atoms with Crippen molar-refractivity contribution in [1.29, 1.82) is 0 Å². The number of amides is 1. The number of carbonyl (C=O) groups excluding carboxylic acids is 1. The fraction of sp³-hybridized carbons (Fsp3) is 0.0714. The van der Waals surface area contributed by atoms with Gasteiger partial charge in [0, 0.05) is 17.3 Å². The van der Waals surface area contributed by atoms with Crippen molar-refractivity contribution in [2.24, 2.45) is 0 Å². The molecule has 0 aromatic heterocycles. The van der Waals surface area contributed by atoms with E-state index >= 15 is 0 Å². The first-order valence-electron chi connectivity index (χ1n) is 5.71. The van der Waals surface area contributed by atoms with Crippen molar-refractivity contribution in [2.75, 3.05) is 12.4 Å². The number of ether oxygens (including phenoxy) is 1. The first kappa shape index (κ1) is 12.2. The molecule has 0 heterocycles. The van der Waals surface area contributed by atoms with Crippen molar-refractivity contribution < 1.29 is 9.53 Å². The molecule has 2 aromatic carbocycles. The highest BCUT2D eigenvalue weighted by atomic mass is 16.5. The lowest BCUT2D eigenvalue weighted by Crippen LogP contribution is -2.14. The van der Waals surface area contributed by atoms with E-state index in [2.05, 4.69) is 5.32 Å². The number of anilines is 1. The average Bonchev–Trinajstić information content (AvgIpc) is 2.39. The Bertz CT molecular complexity index is 569. The van der Waals surface area contributed by atoms with Gasteiger partial charge in [-0.15, -0.1) is 0 Å². The maximum Gasteiger partial charge on any atom is 0.255 e. The van der Waals surface area contributed by atoms with Gasteiger partial charge in [-0.1, -0.05) is 29.7 Å². The summed E-state index contributed by atoms with van der Waals surface area (Å²) in [5.74, 6) is 0.601. The molecule has 3 nitrogen and oxygen atoms in total. The van der Waals surface area contributed by atoms with Crippen LogP contribution >= 0.6 is 0 Å². The van der Waals surface area contributed by atoms with Gasteiger partial charge in [0.2, 0.25) is 0 Å². The van der Waals surface area contributed by atoms with E-state index in [9.17, 15) is 4.79 Å². The van der Waals surface area contributed by atoms with Crippen LogP contribution in [-0.4, -0.2) is 20.9 Å². The Balaban J connectivity index is 2.16. The van der Waals surface area contributed by atoms with E-state index in [-0.39, 0.29) is 5.91 Å². The summed E-state index contributed by atoms with van der Waals surface area (Å²) in [6.07, 6.45) is 0. The van der Waals surface area contributed by atoms with Gasteiger partial charge in [-0.2, -0.15) is 0 Å². The summed E-state index contributed by atoms with van der Waals surface area (Å²) in [6.45, 7) is 0. The predicted molar refractivity (Wildman–Crippen MR) is 75.6 cm³/mol. The van der Waals surface area contributed by atoms with Crippen molar-refractivity contribution >= 4 is 24.9 Å². The Morgan fingerprint density at radius 1 is 1.17 bits per heavy atom. The molecule has 2 rings (SSSR count). The van der Waals surface area contributed by atoms with Crippen LogP contribution in [0.3, 0.4) is 0 Å². The molecule has 0 fully saturated rings. The SMILES string of the molecule is Bc1cccc(C(=O)Nc2cccc(OC)c2)c1. The van der Waals surface area contributed by atoms with Crippen LogP contribution in [0.15, 0.2) is 48.5 Å². The van der Waals surface area contributed by atoms with Crippen LogP contribution in [0.4, 0.5) is 5.69 Å². The molecule has 90 valence electrons. The summed E-state index contributed by atoms with van der Waals surface area (Å²) in [4.78, 5) is 12.0. The van der Waals surface area contributed by atoms with Gasteiger partial charge < -0.3 is 10.1 Å². The summed E-state index contributed by atoms with van der Waals surface area (Å²) in [7, 11) is 3.56. The Morgan fingerprint density at radius 3 is 2.67 bits per heavy atom. The van der Waals surface area contributed by atoms with Crippen molar-refractivity contribution in [3.63, 3.8) is 0 Å². The van der Waals surface area contributed by atoms with Crippen LogP contribution in [0, 0.1) is 0 Å². The fourth-order valence-electron chi connectivity index (χ4n) is 1.69. The maximum atomic E-state index is 12.0. The molecule has 0 atom stereocenters. The molecular weight excluding hydrogens is 225 g/mol. The van der Waals surface area contributed by atoms with E-state index in [1.54, 1.807) is 19.2 Å². The second-order valence-corrected chi connectivity index (χ2v) is 4.06. The molecular formula is C14H14BNO2. The molecule has 1 amide bonds. The molecule has 0 radical (unpaired) electrons.